The Balaban J connectivity index is 2.03. The Bertz CT molecular complexity index is 719. The number of hydrogen-bond acceptors (Lipinski definition) is 6. The molecule has 0 aromatic heterocycles. The maximum absolute atomic E-state index is 12.3. The lowest BCUT2D eigenvalue weighted by Gasteiger charge is -2.38. The van der Waals surface area contributed by atoms with Gasteiger partial charge in [-0.1, -0.05) is 31.4 Å². The molecule has 0 radical (unpaired) electrons. The lowest BCUT2D eigenvalue weighted by molar-refractivity contribution is -0.385. The molecule has 1 aromatic carbocycles. The van der Waals surface area contributed by atoms with Gasteiger partial charge < -0.3 is 9.64 Å². The summed E-state index contributed by atoms with van der Waals surface area (Å²) >= 11 is 0. The molecule has 8 nitrogen and oxygen atoms in total. The third-order valence-electron chi connectivity index (χ3n) is 4.55. The molecule has 132 valence electrons. The van der Waals surface area contributed by atoms with Gasteiger partial charge in [-0.05, 0) is 18.9 Å². The Hall–Kier alpha value is -2.95. The molecule has 0 N–H and O–H groups in total. The molecule has 0 bridgehead atoms. The first-order chi connectivity index (χ1) is 11.9. The van der Waals surface area contributed by atoms with Crippen LogP contribution in [0.3, 0.4) is 0 Å². The number of rotatable bonds is 5. The molecule has 1 aliphatic carbocycles. The highest BCUT2D eigenvalue weighted by Crippen LogP contribution is 2.32. The van der Waals surface area contributed by atoms with Gasteiger partial charge >= 0.3 is 5.97 Å². The minimum atomic E-state index is -0.941. The van der Waals surface area contributed by atoms with Crippen LogP contribution >= 0.6 is 0 Å². The average molecular weight is 345 g/mol. The molecule has 0 spiro atoms. The number of nitrogens with zero attached hydrogens (tertiary/aromatic N) is 3. The maximum Gasteiger partial charge on any atom is 0.345 e. The SMILES string of the molecule is CN(C(=O)COC(=O)c1ccccc1[N+](=O)[O-])C1(C#N)CCCCC1. The molecule has 1 saturated carbocycles. The van der Waals surface area contributed by atoms with Crippen molar-refractivity contribution in [3.05, 3.63) is 39.9 Å². The highest BCUT2D eigenvalue weighted by atomic mass is 16.6. The van der Waals surface area contributed by atoms with Crippen molar-refractivity contribution < 1.29 is 19.2 Å². The molecule has 2 rings (SSSR count). The van der Waals surface area contributed by atoms with Crippen molar-refractivity contribution in [3.63, 3.8) is 0 Å². The van der Waals surface area contributed by atoms with E-state index in [1.807, 2.05) is 0 Å². The third-order valence-corrected chi connectivity index (χ3v) is 4.55. The number of para-hydroxylation sites is 1. The highest BCUT2D eigenvalue weighted by molar-refractivity contribution is 5.95. The van der Waals surface area contributed by atoms with Crippen LogP contribution in [0.2, 0.25) is 0 Å². The van der Waals surface area contributed by atoms with Gasteiger partial charge in [0.2, 0.25) is 0 Å². The number of ether oxygens (including phenoxy) is 1. The van der Waals surface area contributed by atoms with Crippen LogP contribution in [-0.2, 0) is 9.53 Å². The number of nitro benzene ring substituents is 1. The summed E-state index contributed by atoms with van der Waals surface area (Å²) in [6.45, 7) is -0.565. The molecule has 25 heavy (non-hydrogen) atoms. The zero-order valence-corrected chi connectivity index (χ0v) is 13.9. The minimum Gasteiger partial charge on any atom is -0.452 e. The largest absolute Gasteiger partial charge is 0.452 e. The van der Waals surface area contributed by atoms with E-state index in [2.05, 4.69) is 6.07 Å². The van der Waals surface area contributed by atoms with Gasteiger partial charge in [-0.3, -0.25) is 14.9 Å². The smallest absolute Gasteiger partial charge is 0.345 e. The van der Waals surface area contributed by atoms with Gasteiger partial charge in [0.25, 0.3) is 11.6 Å². The minimum absolute atomic E-state index is 0.212. The zero-order valence-electron chi connectivity index (χ0n) is 13.9. The lowest BCUT2D eigenvalue weighted by atomic mass is 9.81. The topological polar surface area (TPSA) is 114 Å². The van der Waals surface area contributed by atoms with Crippen LogP contribution in [0.25, 0.3) is 0 Å². The van der Waals surface area contributed by atoms with Crippen LogP contribution in [0.15, 0.2) is 24.3 Å². The van der Waals surface area contributed by atoms with E-state index in [4.69, 9.17) is 4.74 Å². The Kier molecular flexibility index (Phi) is 5.70. The summed E-state index contributed by atoms with van der Waals surface area (Å²) in [5.41, 5.74) is -1.47. The number of nitro groups is 1. The molecular weight excluding hydrogens is 326 g/mol. The van der Waals surface area contributed by atoms with Gasteiger partial charge in [-0.15, -0.1) is 0 Å². The second-order valence-corrected chi connectivity index (χ2v) is 6.01. The predicted octanol–water partition coefficient (Wildman–Crippen LogP) is 2.44. The second-order valence-electron chi connectivity index (χ2n) is 6.01. The highest BCUT2D eigenvalue weighted by Gasteiger charge is 2.39. The van der Waals surface area contributed by atoms with E-state index in [0.717, 1.165) is 19.3 Å². The van der Waals surface area contributed by atoms with E-state index < -0.39 is 28.9 Å². The molecule has 0 unspecified atom stereocenters. The van der Waals surface area contributed by atoms with Gasteiger partial charge in [0.05, 0.1) is 11.0 Å². The van der Waals surface area contributed by atoms with Gasteiger partial charge in [0.15, 0.2) is 6.61 Å². The summed E-state index contributed by atoms with van der Waals surface area (Å²) in [7, 11) is 1.52. The quantitative estimate of drug-likeness (QED) is 0.460. The standard InChI is InChI=1S/C17H19N3O5/c1-19(17(12-18)9-5-2-6-10-17)15(21)11-25-16(22)13-7-3-4-8-14(13)20(23)24/h3-4,7-8H,2,5-6,9-11H2,1H3. The van der Waals surface area contributed by atoms with Crippen LogP contribution in [0.1, 0.15) is 42.5 Å². The summed E-state index contributed by atoms with van der Waals surface area (Å²) in [4.78, 5) is 36.0. The fourth-order valence-electron chi connectivity index (χ4n) is 3.00. The number of esters is 1. The molecule has 1 aliphatic rings. The number of benzene rings is 1. The van der Waals surface area contributed by atoms with Crippen molar-refractivity contribution in [2.45, 2.75) is 37.6 Å². The van der Waals surface area contributed by atoms with E-state index in [1.54, 1.807) is 0 Å². The summed E-state index contributed by atoms with van der Waals surface area (Å²) < 4.78 is 4.94. The molecule has 8 heteroatoms. The van der Waals surface area contributed by atoms with Crippen molar-refractivity contribution in [1.29, 1.82) is 5.26 Å². The van der Waals surface area contributed by atoms with E-state index in [0.29, 0.717) is 12.8 Å². The van der Waals surface area contributed by atoms with Gasteiger partial charge in [-0.2, -0.15) is 5.26 Å². The van der Waals surface area contributed by atoms with E-state index in [1.165, 1.54) is 36.2 Å². The van der Waals surface area contributed by atoms with Gasteiger partial charge in [0.1, 0.15) is 11.1 Å². The number of amides is 1. The van der Waals surface area contributed by atoms with Crippen molar-refractivity contribution in [2.75, 3.05) is 13.7 Å². The molecule has 1 fully saturated rings. The number of hydrogen-bond donors (Lipinski definition) is 0. The van der Waals surface area contributed by atoms with Gasteiger partial charge in [0, 0.05) is 13.1 Å². The molecule has 1 amide bonds. The average Bonchev–Trinajstić information content (AvgIpc) is 2.65. The lowest BCUT2D eigenvalue weighted by Crippen LogP contribution is -2.51. The Morgan fingerprint density at radius 2 is 1.96 bits per heavy atom. The normalized spacial score (nSPS) is 15.7. The molecule has 0 saturated heterocycles. The second kappa shape index (κ2) is 7.75. The van der Waals surface area contributed by atoms with Crippen molar-refractivity contribution in [2.24, 2.45) is 0 Å². The number of nitriles is 1. The third kappa shape index (κ3) is 3.94. The summed E-state index contributed by atoms with van der Waals surface area (Å²) in [6, 6.07) is 7.59. The molecule has 0 atom stereocenters. The molecule has 1 aromatic rings. The first-order valence-electron chi connectivity index (χ1n) is 8.00. The van der Waals surface area contributed by atoms with Crippen molar-refractivity contribution >= 4 is 17.6 Å². The van der Waals surface area contributed by atoms with Crippen LogP contribution in [0.4, 0.5) is 5.69 Å². The molecule has 0 heterocycles. The van der Waals surface area contributed by atoms with Gasteiger partial charge in [-0.25, -0.2) is 4.79 Å². The van der Waals surface area contributed by atoms with Crippen LogP contribution in [0, 0.1) is 21.4 Å². The summed E-state index contributed by atoms with van der Waals surface area (Å²) in [6.07, 6.45) is 3.92. The van der Waals surface area contributed by atoms with E-state index in [-0.39, 0.29) is 11.3 Å². The fourth-order valence-corrected chi connectivity index (χ4v) is 3.00. The zero-order chi connectivity index (χ0) is 18.4. The fraction of sp³-hybridized carbons (Fsp3) is 0.471. The Morgan fingerprint density at radius 1 is 1.32 bits per heavy atom. The Labute approximate surface area is 145 Å². The van der Waals surface area contributed by atoms with E-state index >= 15 is 0 Å². The number of carbonyl (C=O) groups is 2. The molecular formula is C17H19N3O5. The first kappa shape index (κ1) is 18.4. The maximum atomic E-state index is 12.3. The summed E-state index contributed by atoms with van der Waals surface area (Å²) in [5.74, 6) is -1.45. The predicted molar refractivity (Wildman–Crippen MR) is 87.6 cm³/mol. The molecule has 0 aliphatic heterocycles. The van der Waals surface area contributed by atoms with Crippen LogP contribution in [0.5, 0.6) is 0 Å². The van der Waals surface area contributed by atoms with Crippen molar-refractivity contribution in [1.82, 2.24) is 4.90 Å². The monoisotopic (exact) mass is 345 g/mol. The Morgan fingerprint density at radius 3 is 2.56 bits per heavy atom. The van der Waals surface area contributed by atoms with Crippen molar-refractivity contribution in [3.8, 4) is 6.07 Å². The first-order valence-corrected chi connectivity index (χ1v) is 8.00. The van der Waals surface area contributed by atoms with E-state index in [9.17, 15) is 25.0 Å². The van der Waals surface area contributed by atoms with Crippen LogP contribution < -0.4 is 0 Å². The summed E-state index contributed by atoms with van der Waals surface area (Å²) in [5, 5.41) is 20.4. The number of carbonyl (C=O) groups excluding carboxylic acids is 2. The number of likely N-dealkylation sites (N-methyl/N-ethyl adjacent to an activating group) is 1. The van der Waals surface area contributed by atoms with Crippen LogP contribution in [-0.4, -0.2) is 40.9 Å².